The van der Waals surface area contributed by atoms with E-state index in [-0.39, 0.29) is 40.8 Å². The minimum Gasteiger partial charge on any atom is -0.483 e. The van der Waals surface area contributed by atoms with E-state index in [1.54, 1.807) is 18.2 Å². The number of halogens is 1. The van der Waals surface area contributed by atoms with Gasteiger partial charge in [-0.15, -0.1) is 0 Å². The Balaban J connectivity index is 1.83. The van der Waals surface area contributed by atoms with Crippen LogP contribution in [0.5, 0.6) is 5.75 Å². The Labute approximate surface area is 192 Å². The van der Waals surface area contributed by atoms with Gasteiger partial charge in [0.1, 0.15) is 34.8 Å². The van der Waals surface area contributed by atoms with Crippen LogP contribution in [-0.4, -0.2) is 24.0 Å². The van der Waals surface area contributed by atoms with Gasteiger partial charge < -0.3 is 20.8 Å². The summed E-state index contributed by atoms with van der Waals surface area (Å²) in [6, 6.07) is 18.3. The SMILES string of the molecule is N#Cc1c(N)[nH]c(=O)c(C#N)c1-c1cc(Br)ccc1OCC(=O)NCCc1ccccc1. The third-order valence-electron chi connectivity index (χ3n) is 4.62. The van der Waals surface area contributed by atoms with Crippen LogP contribution in [0, 0.1) is 22.7 Å². The normalized spacial score (nSPS) is 10.1. The highest BCUT2D eigenvalue weighted by Gasteiger charge is 2.21. The molecule has 3 rings (SSSR count). The van der Waals surface area contributed by atoms with Crippen LogP contribution >= 0.6 is 15.9 Å². The van der Waals surface area contributed by atoms with Gasteiger partial charge in [-0.3, -0.25) is 9.59 Å². The van der Waals surface area contributed by atoms with Crippen molar-refractivity contribution < 1.29 is 9.53 Å². The van der Waals surface area contributed by atoms with Gasteiger partial charge in [0.2, 0.25) is 0 Å². The summed E-state index contributed by atoms with van der Waals surface area (Å²) in [4.78, 5) is 26.8. The predicted octanol–water partition coefficient (Wildman–Crippen LogP) is 2.87. The summed E-state index contributed by atoms with van der Waals surface area (Å²) in [6.45, 7) is 0.160. The molecule has 32 heavy (non-hydrogen) atoms. The first-order valence-corrected chi connectivity index (χ1v) is 10.3. The Bertz CT molecular complexity index is 1290. The summed E-state index contributed by atoms with van der Waals surface area (Å²) >= 11 is 3.34. The summed E-state index contributed by atoms with van der Waals surface area (Å²) in [5.74, 6) is -0.262. The number of nitriles is 2. The highest BCUT2D eigenvalue weighted by atomic mass is 79.9. The van der Waals surface area contributed by atoms with Gasteiger partial charge in [-0.1, -0.05) is 46.3 Å². The van der Waals surface area contributed by atoms with Crippen LogP contribution in [0.15, 0.2) is 57.8 Å². The topological polar surface area (TPSA) is 145 Å². The summed E-state index contributed by atoms with van der Waals surface area (Å²) < 4.78 is 6.31. The molecule has 0 aliphatic rings. The van der Waals surface area contributed by atoms with Crippen molar-refractivity contribution in [2.24, 2.45) is 0 Å². The molecule has 3 aromatic rings. The van der Waals surface area contributed by atoms with Crippen LogP contribution in [0.4, 0.5) is 5.82 Å². The Hall–Kier alpha value is -4.08. The Morgan fingerprint density at radius 2 is 1.84 bits per heavy atom. The van der Waals surface area contributed by atoms with E-state index in [0.29, 0.717) is 23.0 Å². The first-order chi connectivity index (χ1) is 15.4. The molecular weight excluding hydrogens is 474 g/mol. The van der Waals surface area contributed by atoms with Crippen molar-refractivity contribution >= 4 is 27.7 Å². The first kappa shape index (κ1) is 22.6. The van der Waals surface area contributed by atoms with E-state index < -0.39 is 5.56 Å². The Morgan fingerprint density at radius 3 is 2.53 bits per heavy atom. The second-order valence-electron chi connectivity index (χ2n) is 6.73. The largest absolute Gasteiger partial charge is 0.483 e. The molecule has 0 radical (unpaired) electrons. The second kappa shape index (κ2) is 10.3. The second-order valence-corrected chi connectivity index (χ2v) is 7.65. The van der Waals surface area contributed by atoms with Crippen molar-refractivity contribution in [1.29, 1.82) is 10.5 Å². The van der Waals surface area contributed by atoms with Gasteiger partial charge in [-0.05, 0) is 30.2 Å². The lowest BCUT2D eigenvalue weighted by molar-refractivity contribution is -0.123. The van der Waals surface area contributed by atoms with Crippen molar-refractivity contribution in [3.05, 3.63) is 80.0 Å². The van der Waals surface area contributed by atoms with Crippen molar-refractivity contribution in [3.8, 4) is 29.0 Å². The van der Waals surface area contributed by atoms with Crippen LogP contribution in [0.3, 0.4) is 0 Å². The number of rotatable bonds is 7. The van der Waals surface area contributed by atoms with Crippen LogP contribution < -0.4 is 21.3 Å². The van der Waals surface area contributed by atoms with Crippen LogP contribution in [-0.2, 0) is 11.2 Å². The number of carbonyl (C=O) groups excluding carboxylic acids is 1. The summed E-state index contributed by atoms with van der Waals surface area (Å²) in [6.07, 6.45) is 0.680. The van der Waals surface area contributed by atoms with Gasteiger partial charge in [-0.25, -0.2) is 0 Å². The molecule has 0 spiro atoms. The quantitative estimate of drug-likeness (QED) is 0.463. The third kappa shape index (κ3) is 5.15. The molecule has 0 fully saturated rings. The molecule has 0 saturated carbocycles. The highest BCUT2D eigenvalue weighted by Crippen LogP contribution is 2.37. The lowest BCUT2D eigenvalue weighted by Gasteiger charge is -2.15. The van der Waals surface area contributed by atoms with E-state index in [1.807, 2.05) is 42.5 Å². The summed E-state index contributed by atoms with van der Waals surface area (Å²) in [5.41, 5.74) is 6.20. The number of nitrogens with zero attached hydrogens (tertiary/aromatic N) is 2. The average molecular weight is 492 g/mol. The van der Waals surface area contributed by atoms with E-state index in [1.165, 1.54) is 0 Å². The number of pyridine rings is 1. The number of amides is 1. The Morgan fingerprint density at radius 1 is 1.12 bits per heavy atom. The van der Waals surface area contributed by atoms with Crippen LogP contribution in [0.25, 0.3) is 11.1 Å². The monoisotopic (exact) mass is 491 g/mol. The molecule has 0 bridgehead atoms. The average Bonchev–Trinajstić information content (AvgIpc) is 2.78. The minimum atomic E-state index is -0.719. The fourth-order valence-electron chi connectivity index (χ4n) is 3.12. The number of aromatic amines is 1. The number of hydrogen-bond acceptors (Lipinski definition) is 6. The van der Waals surface area contributed by atoms with Crippen LogP contribution in [0.2, 0.25) is 0 Å². The van der Waals surface area contributed by atoms with Crippen LogP contribution in [0.1, 0.15) is 16.7 Å². The molecule has 4 N–H and O–H groups in total. The van der Waals surface area contributed by atoms with Crippen molar-refractivity contribution in [2.45, 2.75) is 6.42 Å². The van der Waals surface area contributed by atoms with Gasteiger partial charge in [0.05, 0.1) is 0 Å². The molecule has 1 heterocycles. The maximum absolute atomic E-state index is 12.3. The van der Waals surface area contributed by atoms with Gasteiger partial charge >= 0.3 is 0 Å². The van der Waals surface area contributed by atoms with E-state index in [9.17, 15) is 20.1 Å². The zero-order valence-corrected chi connectivity index (χ0v) is 18.4. The maximum atomic E-state index is 12.3. The number of hydrogen-bond donors (Lipinski definition) is 3. The zero-order chi connectivity index (χ0) is 23.1. The van der Waals surface area contributed by atoms with Crippen molar-refractivity contribution in [1.82, 2.24) is 10.3 Å². The number of carbonyl (C=O) groups is 1. The standard InChI is InChI=1S/C23H18BrN5O3/c24-15-6-7-19(32-13-20(30)28-9-8-14-4-2-1-3-5-14)16(10-15)21-17(11-25)22(27)29-23(31)18(21)12-26/h1-7,10H,8-9,13H2,(H,28,30)(H3,27,29,31). The molecule has 8 nitrogen and oxygen atoms in total. The van der Waals surface area contributed by atoms with Gasteiger partial charge in [0.25, 0.3) is 11.5 Å². The van der Waals surface area contributed by atoms with Gasteiger partial charge in [-0.2, -0.15) is 10.5 Å². The van der Waals surface area contributed by atoms with E-state index in [2.05, 4.69) is 26.2 Å². The van der Waals surface area contributed by atoms with Gasteiger partial charge in [0, 0.05) is 22.1 Å². The molecule has 0 aliphatic heterocycles. The molecule has 2 aromatic carbocycles. The molecule has 1 amide bonds. The van der Waals surface area contributed by atoms with E-state index in [0.717, 1.165) is 5.56 Å². The third-order valence-corrected chi connectivity index (χ3v) is 5.11. The number of nitrogens with two attached hydrogens (primary N) is 1. The smallest absolute Gasteiger partial charge is 0.268 e. The van der Waals surface area contributed by atoms with E-state index in [4.69, 9.17) is 10.5 Å². The molecule has 160 valence electrons. The summed E-state index contributed by atoms with van der Waals surface area (Å²) in [5, 5.41) is 21.8. The zero-order valence-electron chi connectivity index (χ0n) is 16.8. The molecule has 9 heteroatoms. The molecular formula is C23H18BrN5O3. The number of aromatic nitrogens is 1. The number of nitrogen functional groups attached to an aromatic ring is 1. The number of ether oxygens (including phenoxy) is 1. The number of nitrogens with one attached hydrogen (secondary N) is 2. The molecule has 0 aliphatic carbocycles. The Kier molecular flexibility index (Phi) is 7.27. The molecule has 0 unspecified atom stereocenters. The lowest BCUT2D eigenvalue weighted by Crippen LogP contribution is -2.30. The number of anilines is 1. The fourth-order valence-corrected chi connectivity index (χ4v) is 3.48. The fraction of sp³-hybridized carbons (Fsp3) is 0.130. The van der Waals surface area contributed by atoms with Crippen molar-refractivity contribution in [2.75, 3.05) is 18.9 Å². The van der Waals surface area contributed by atoms with Crippen molar-refractivity contribution in [3.63, 3.8) is 0 Å². The number of H-pyrrole nitrogens is 1. The minimum absolute atomic E-state index is 0.0528. The maximum Gasteiger partial charge on any atom is 0.268 e. The number of benzene rings is 2. The predicted molar refractivity (Wildman–Crippen MR) is 123 cm³/mol. The molecule has 0 saturated heterocycles. The van der Waals surface area contributed by atoms with E-state index >= 15 is 0 Å². The molecule has 1 aromatic heterocycles. The highest BCUT2D eigenvalue weighted by molar-refractivity contribution is 9.10. The molecule has 0 atom stereocenters. The summed E-state index contributed by atoms with van der Waals surface area (Å²) in [7, 11) is 0. The van der Waals surface area contributed by atoms with Gasteiger partial charge in [0.15, 0.2) is 6.61 Å². The lowest BCUT2D eigenvalue weighted by atomic mass is 9.96. The first-order valence-electron chi connectivity index (χ1n) is 9.54.